The predicted molar refractivity (Wildman–Crippen MR) is 79.3 cm³/mol. The molecule has 1 nitrogen and oxygen atoms in total. The molecule has 1 aliphatic rings. The van der Waals surface area contributed by atoms with E-state index in [4.69, 9.17) is 11.6 Å². The molecule has 0 atom stereocenters. The third-order valence-corrected chi connectivity index (χ3v) is 4.20. The van der Waals surface area contributed by atoms with Crippen molar-refractivity contribution in [3.63, 3.8) is 0 Å². The lowest BCUT2D eigenvalue weighted by Gasteiger charge is -2.32. The van der Waals surface area contributed by atoms with Crippen molar-refractivity contribution in [1.82, 2.24) is 4.90 Å². The minimum atomic E-state index is 0.810. The molecule has 0 radical (unpaired) electrons. The Kier molecular flexibility index (Phi) is 6.02. The van der Waals surface area contributed by atoms with Crippen LogP contribution in [0.3, 0.4) is 0 Å². The number of benzene rings is 1. The van der Waals surface area contributed by atoms with Crippen molar-refractivity contribution >= 4 is 11.6 Å². The summed E-state index contributed by atoms with van der Waals surface area (Å²) in [4.78, 5) is 2.61. The maximum atomic E-state index is 5.71. The average molecular weight is 266 g/mol. The van der Waals surface area contributed by atoms with Crippen molar-refractivity contribution in [1.29, 1.82) is 0 Å². The molecular formula is C16H24ClN. The van der Waals surface area contributed by atoms with E-state index in [-0.39, 0.29) is 0 Å². The van der Waals surface area contributed by atoms with Crippen LogP contribution in [0.25, 0.3) is 0 Å². The Labute approximate surface area is 116 Å². The summed E-state index contributed by atoms with van der Waals surface area (Å²) >= 11 is 5.71. The summed E-state index contributed by atoms with van der Waals surface area (Å²) in [5.74, 6) is 1.70. The molecule has 0 unspecified atom stereocenters. The number of hydrogen-bond donors (Lipinski definition) is 0. The monoisotopic (exact) mass is 265 g/mol. The molecule has 0 spiro atoms. The Hall–Kier alpha value is -0.530. The number of alkyl halides is 1. The fourth-order valence-corrected chi connectivity index (χ4v) is 2.98. The molecule has 2 rings (SSSR count). The molecule has 1 aromatic carbocycles. The van der Waals surface area contributed by atoms with Gasteiger partial charge >= 0.3 is 0 Å². The third kappa shape index (κ3) is 4.62. The lowest BCUT2D eigenvalue weighted by molar-refractivity contribution is 0.182. The van der Waals surface area contributed by atoms with Crippen LogP contribution in [0.5, 0.6) is 0 Å². The highest BCUT2D eigenvalue weighted by Gasteiger charge is 2.18. The highest BCUT2D eigenvalue weighted by molar-refractivity contribution is 6.17. The topological polar surface area (TPSA) is 3.24 Å². The lowest BCUT2D eigenvalue weighted by atomic mass is 9.90. The van der Waals surface area contributed by atoms with Crippen molar-refractivity contribution in [3.8, 4) is 0 Å². The van der Waals surface area contributed by atoms with Gasteiger partial charge in [0.25, 0.3) is 0 Å². The second-order valence-corrected chi connectivity index (χ2v) is 5.75. The average Bonchev–Trinajstić information content (AvgIpc) is 2.42. The third-order valence-electron chi connectivity index (χ3n) is 3.93. The number of nitrogens with zero attached hydrogens (tertiary/aromatic N) is 1. The molecule has 0 N–H and O–H groups in total. The van der Waals surface area contributed by atoms with E-state index in [1.54, 1.807) is 0 Å². The van der Waals surface area contributed by atoms with Crippen LogP contribution in [0.1, 0.15) is 31.2 Å². The van der Waals surface area contributed by atoms with E-state index in [1.807, 2.05) is 0 Å². The van der Waals surface area contributed by atoms with Gasteiger partial charge in [-0.2, -0.15) is 0 Å². The number of piperidine rings is 1. The number of rotatable bonds is 6. The minimum absolute atomic E-state index is 0.810. The Morgan fingerprint density at radius 3 is 2.44 bits per heavy atom. The molecule has 1 saturated heterocycles. The van der Waals surface area contributed by atoms with Gasteiger partial charge in [0.1, 0.15) is 0 Å². The zero-order chi connectivity index (χ0) is 12.6. The maximum absolute atomic E-state index is 5.71. The first kappa shape index (κ1) is 13.9. The second kappa shape index (κ2) is 7.81. The maximum Gasteiger partial charge on any atom is 0.0223 e. The normalized spacial score (nSPS) is 18.1. The van der Waals surface area contributed by atoms with Crippen LogP contribution in [0.15, 0.2) is 30.3 Å². The van der Waals surface area contributed by atoms with Gasteiger partial charge in [0.05, 0.1) is 0 Å². The smallest absolute Gasteiger partial charge is 0.0223 e. The van der Waals surface area contributed by atoms with Crippen LogP contribution in [-0.2, 0) is 6.42 Å². The van der Waals surface area contributed by atoms with E-state index in [9.17, 15) is 0 Å². The van der Waals surface area contributed by atoms with Crippen molar-refractivity contribution < 1.29 is 0 Å². The Morgan fingerprint density at radius 1 is 1.06 bits per heavy atom. The van der Waals surface area contributed by atoms with Gasteiger partial charge in [0.2, 0.25) is 0 Å². The van der Waals surface area contributed by atoms with Gasteiger partial charge in [-0.25, -0.2) is 0 Å². The first-order chi connectivity index (χ1) is 8.88. The fourth-order valence-electron chi connectivity index (χ4n) is 2.79. The quantitative estimate of drug-likeness (QED) is 0.556. The predicted octanol–water partition coefficient (Wildman–Crippen LogP) is 3.96. The summed E-state index contributed by atoms with van der Waals surface area (Å²) in [6.07, 6.45) is 6.39. The van der Waals surface area contributed by atoms with Crippen molar-refractivity contribution in [2.75, 3.05) is 25.5 Å². The van der Waals surface area contributed by atoms with E-state index < -0.39 is 0 Å². The van der Waals surface area contributed by atoms with Gasteiger partial charge in [-0.1, -0.05) is 30.3 Å². The van der Waals surface area contributed by atoms with Crippen molar-refractivity contribution in [2.24, 2.45) is 5.92 Å². The zero-order valence-corrected chi connectivity index (χ0v) is 11.9. The van der Waals surface area contributed by atoms with Crippen LogP contribution in [0, 0.1) is 5.92 Å². The van der Waals surface area contributed by atoms with Crippen molar-refractivity contribution in [2.45, 2.75) is 32.1 Å². The molecule has 0 aromatic heterocycles. The van der Waals surface area contributed by atoms with E-state index in [2.05, 4.69) is 35.2 Å². The summed E-state index contributed by atoms with van der Waals surface area (Å²) in [7, 11) is 0. The van der Waals surface area contributed by atoms with Crippen LogP contribution >= 0.6 is 11.6 Å². The Bertz CT molecular complexity index is 317. The summed E-state index contributed by atoms with van der Waals surface area (Å²) in [6, 6.07) is 10.9. The van der Waals surface area contributed by atoms with Gasteiger partial charge in [0, 0.05) is 5.88 Å². The fraction of sp³-hybridized carbons (Fsp3) is 0.625. The Balaban J connectivity index is 1.67. The number of unbranched alkanes of at least 4 members (excludes halogenated alkanes) is 1. The molecule has 18 heavy (non-hydrogen) atoms. The van der Waals surface area contributed by atoms with Gasteiger partial charge in [0.15, 0.2) is 0 Å². The molecule has 0 saturated carbocycles. The van der Waals surface area contributed by atoms with Gasteiger partial charge in [-0.15, -0.1) is 11.6 Å². The molecule has 0 amide bonds. The number of halogens is 1. The van der Waals surface area contributed by atoms with E-state index in [0.29, 0.717) is 0 Å². The minimum Gasteiger partial charge on any atom is -0.303 e. The van der Waals surface area contributed by atoms with Gasteiger partial charge < -0.3 is 4.90 Å². The Morgan fingerprint density at radius 2 is 1.78 bits per heavy atom. The zero-order valence-electron chi connectivity index (χ0n) is 11.2. The highest BCUT2D eigenvalue weighted by Crippen LogP contribution is 2.21. The van der Waals surface area contributed by atoms with Crippen LogP contribution in [-0.4, -0.2) is 30.4 Å². The van der Waals surface area contributed by atoms with E-state index >= 15 is 0 Å². The lowest BCUT2D eigenvalue weighted by Crippen LogP contribution is -2.35. The summed E-state index contributed by atoms with van der Waals surface area (Å²) in [5, 5.41) is 0. The molecule has 100 valence electrons. The van der Waals surface area contributed by atoms with Crippen molar-refractivity contribution in [3.05, 3.63) is 35.9 Å². The van der Waals surface area contributed by atoms with E-state index in [1.165, 1.54) is 50.9 Å². The summed E-state index contributed by atoms with van der Waals surface area (Å²) < 4.78 is 0. The second-order valence-electron chi connectivity index (χ2n) is 5.37. The molecular weight excluding hydrogens is 242 g/mol. The largest absolute Gasteiger partial charge is 0.303 e. The standard InChI is InChI=1S/C16H24ClN/c17-10-4-5-11-18-12-8-16(9-13-18)14-15-6-2-1-3-7-15/h1-3,6-7,16H,4-5,8-14H2. The van der Waals surface area contributed by atoms with Crippen LogP contribution < -0.4 is 0 Å². The first-order valence-electron chi connectivity index (χ1n) is 7.20. The highest BCUT2D eigenvalue weighted by atomic mass is 35.5. The van der Waals surface area contributed by atoms with Crippen LogP contribution in [0.2, 0.25) is 0 Å². The molecule has 2 heteroatoms. The summed E-state index contributed by atoms with van der Waals surface area (Å²) in [5.41, 5.74) is 1.50. The first-order valence-corrected chi connectivity index (χ1v) is 7.74. The van der Waals surface area contributed by atoms with Gasteiger partial charge in [-0.05, 0) is 63.2 Å². The summed E-state index contributed by atoms with van der Waals surface area (Å²) in [6.45, 7) is 3.80. The SMILES string of the molecule is ClCCCCN1CCC(Cc2ccccc2)CC1. The van der Waals surface area contributed by atoms with Gasteiger partial charge in [-0.3, -0.25) is 0 Å². The molecule has 1 aliphatic heterocycles. The number of likely N-dealkylation sites (tertiary alicyclic amines) is 1. The molecule has 1 aromatic rings. The van der Waals surface area contributed by atoms with E-state index in [0.717, 1.165) is 18.2 Å². The molecule has 1 fully saturated rings. The van der Waals surface area contributed by atoms with Crippen LogP contribution in [0.4, 0.5) is 0 Å². The molecule has 1 heterocycles. The molecule has 0 bridgehead atoms. The molecule has 0 aliphatic carbocycles. The number of hydrogen-bond acceptors (Lipinski definition) is 1.